The summed E-state index contributed by atoms with van der Waals surface area (Å²) in [5, 5.41) is 11.9. The number of nitrogens with one attached hydrogen (secondary N) is 2. The van der Waals surface area contributed by atoms with E-state index < -0.39 is 0 Å². The molecule has 3 aromatic rings. The second-order valence-electron chi connectivity index (χ2n) is 4.92. The van der Waals surface area contributed by atoms with Gasteiger partial charge in [0.2, 0.25) is 10.7 Å². The number of amides is 1. The van der Waals surface area contributed by atoms with Gasteiger partial charge in [0.05, 0.1) is 12.7 Å². The van der Waals surface area contributed by atoms with Crippen molar-refractivity contribution in [2.24, 2.45) is 0 Å². The number of benzene rings is 1. The number of methoxy groups -OCH3 is 1. The lowest BCUT2D eigenvalue weighted by atomic mass is 10.1. The number of rotatable bonds is 5. The standard InChI is InChI=1S/C16H14N4O3S/c1-23-12-5-2-10(3-6-12)8-14-19-20-16(24-14)18-15(22)11-4-7-13(21)17-9-11/h2-7,9H,8H2,1H3,(H,17,21)(H,18,20,22). The molecule has 0 aliphatic heterocycles. The van der Waals surface area contributed by atoms with Crippen LogP contribution in [0.25, 0.3) is 0 Å². The van der Waals surface area contributed by atoms with Crippen LogP contribution in [-0.2, 0) is 6.42 Å². The number of hydrogen-bond acceptors (Lipinski definition) is 6. The average Bonchev–Trinajstić information content (AvgIpc) is 3.03. The zero-order chi connectivity index (χ0) is 16.9. The molecule has 0 unspecified atom stereocenters. The maximum atomic E-state index is 12.1. The first-order valence-corrected chi connectivity index (χ1v) is 7.91. The maximum absolute atomic E-state index is 12.1. The summed E-state index contributed by atoms with van der Waals surface area (Å²) in [5.74, 6) is 0.447. The molecule has 2 N–H and O–H groups in total. The van der Waals surface area contributed by atoms with E-state index in [1.165, 1.54) is 29.7 Å². The van der Waals surface area contributed by atoms with Crippen LogP contribution in [0.3, 0.4) is 0 Å². The Morgan fingerprint density at radius 2 is 2.00 bits per heavy atom. The quantitative estimate of drug-likeness (QED) is 0.740. The third-order valence-electron chi connectivity index (χ3n) is 3.25. The average molecular weight is 342 g/mol. The molecule has 2 heterocycles. The van der Waals surface area contributed by atoms with Crippen LogP contribution in [0.15, 0.2) is 47.4 Å². The normalized spacial score (nSPS) is 10.4. The summed E-state index contributed by atoms with van der Waals surface area (Å²) in [6, 6.07) is 10.4. The SMILES string of the molecule is COc1ccc(Cc2nnc(NC(=O)c3ccc(=O)[nH]c3)s2)cc1. The fourth-order valence-corrected chi connectivity index (χ4v) is 2.78. The zero-order valence-electron chi connectivity index (χ0n) is 12.8. The van der Waals surface area contributed by atoms with Gasteiger partial charge in [-0.05, 0) is 23.8 Å². The van der Waals surface area contributed by atoms with Crippen LogP contribution in [0.5, 0.6) is 5.75 Å². The Balaban J connectivity index is 1.65. The molecule has 0 atom stereocenters. The van der Waals surface area contributed by atoms with Crippen LogP contribution in [0.2, 0.25) is 0 Å². The van der Waals surface area contributed by atoms with Crippen LogP contribution in [0.4, 0.5) is 5.13 Å². The summed E-state index contributed by atoms with van der Waals surface area (Å²) in [5.41, 5.74) is 1.16. The molecular formula is C16H14N4O3S. The van der Waals surface area contributed by atoms with Gasteiger partial charge in [-0.15, -0.1) is 10.2 Å². The number of hydrogen-bond donors (Lipinski definition) is 2. The minimum Gasteiger partial charge on any atom is -0.497 e. The molecule has 0 saturated heterocycles. The number of nitrogens with zero attached hydrogens (tertiary/aromatic N) is 2. The first-order valence-electron chi connectivity index (χ1n) is 7.09. The Labute approximate surface area is 141 Å². The molecule has 1 amide bonds. The van der Waals surface area contributed by atoms with Gasteiger partial charge in [0, 0.05) is 18.7 Å². The lowest BCUT2D eigenvalue weighted by molar-refractivity contribution is 0.102. The summed E-state index contributed by atoms with van der Waals surface area (Å²) in [7, 11) is 1.62. The molecule has 0 aliphatic rings. The number of anilines is 1. The van der Waals surface area contributed by atoms with Crippen LogP contribution >= 0.6 is 11.3 Å². The number of aromatic nitrogens is 3. The van der Waals surface area contributed by atoms with E-state index in [4.69, 9.17) is 4.74 Å². The van der Waals surface area contributed by atoms with E-state index >= 15 is 0 Å². The molecular weight excluding hydrogens is 328 g/mol. The Bertz CT molecular complexity index is 882. The van der Waals surface area contributed by atoms with Gasteiger partial charge >= 0.3 is 0 Å². The number of carbonyl (C=O) groups excluding carboxylic acids is 1. The third-order valence-corrected chi connectivity index (χ3v) is 4.09. The fourth-order valence-electron chi connectivity index (χ4n) is 2.01. The summed E-state index contributed by atoms with van der Waals surface area (Å²) in [6.45, 7) is 0. The topological polar surface area (TPSA) is 97.0 Å². The van der Waals surface area contributed by atoms with Gasteiger partial charge in [-0.2, -0.15) is 0 Å². The highest BCUT2D eigenvalue weighted by Gasteiger charge is 2.10. The largest absolute Gasteiger partial charge is 0.497 e. The number of pyridine rings is 1. The van der Waals surface area contributed by atoms with Crippen LogP contribution in [0.1, 0.15) is 20.9 Å². The van der Waals surface area contributed by atoms with Crippen molar-refractivity contribution >= 4 is 22.4 Å². The molecule has 0 aliphatic carbocycles. The van der Waals surface area contributed by atoms with Crippen molar-refractivity contribution in [1.29, 1.82) is 0 Å². The van der Waals surface area contributed by atoms with E-state index in [1.54, 1.807) is 7.11 Å². The smallest absolute Gasteiger partial charge is 0.258 e. The third kappa shape index (κ3) is 3.85. The number of ether oxygens (including phenoxy) is 1. The summed E-state index contributed by atoms with van der Waals surface area (Å²) in [4.78, 5) is 25.5. The number of H-pyrrole nitrogens is 1. The Hall–Kier alpha value is -3.00. The van der Waals surface area contributed by atoms with E-state index in [9.17, 15) is 9.59 Å². The van der Waals surface area contributed by atoms with Crippen molar-refractivity contribution in [2.75, 3.05) is 12.4 Å². The predicted molar refractivity (Wildman–Crippen MR) is 90.7 cm³/mol. The Morgan fingerprint density at radius 3 is 2.67 bits per heavy atom. The first kappa shape index (κ1) is 15.9. The minimum atomic E-state index is -0.349. The van der Waals surface area contributed by atoms with Gasteiger partial charge in [-0.25, -0.2) is 0 Å². The Morgan fingerprint density at radius 1 is 1.21 bits per heavy atom. The number of carbonyl (C=O) groups is 1. The summed E-state index contributed by atoms with van der Waals surface area (Å²) >= 11 is 1.31. The molecule has 0 radical (unpaired) electrons. The van der Waals surface area contributed by atoms with Crippen molar-refractivity contribution < 1.29 is 9.53 Å². The van der Waals surface area contributed by atoms with Gasteiger partial charge in [0.1, 0.15) is 10.8 Å². The van der Waals surface area contributed by atoms with Gasteiger partial charge in [-0.1, -0.05) is 23.5 Å². The van der Waals surface area contributed by atoms with Gasteiger partial charge in [0.25, 0.3) is 5.91 Å². The van der Waals surface area contributed by atoms with E-state index in [1.807, 2.05) is 24.3 Å². The monoisotopic (exact) mass is 342 g/mol. The van der Waals surface area contributed by atoms with E-state index in [2.05, 4.69) is 20.5 Å². The predicted octanol–water partition coefficient (Wildman–Crippen LogP) is 2.08. The highest BCUT2D eigenvalue weighted by atomic mass is 32.1. The molecule has 24 heavy (non-hydrogen) atoms. The van der Waals surface area contributed by atoms with Crippen molar-refractivity contribution in [3.8, 4) is 5.75 Å². The molecule has 1 aromatic carbocycles. The molecule has 0 fully saturated rings. The highest BCUT2D eigenvalue weighted by Crippen LogP contribution is 2.20. The van der Waals surface area contributed by atoms with Crippen molar-refractivity contribution in [3.63, 3.8) is 0 Å². The first-order chi connectivity index (χ1) is 11.6. The second kappa shape index (κ2) is 7.05. The van der Waals surface area contributed by atoms with Gasteiger partial charge in [-0.3, -0.25) is 14.9 Å². The summed E-state index contributed by atoms with van der Waals surface area (Å²) in [6.07, 6.45) is 1.98. The van der Waals surface area contributed by atoms with E-state index in [-0.39, 0.29) is 11.5 Å². The van der Waals surface area contributed by atoms with E-state index in [0.29, 0.717) is 17.1 Å². The molecule has 122 valence electrons. The van der Waals surface area contributed by atoms with Gasteiger partial charge in [0.15, 0.2) is 0 Å². The van der Waals surface area contributed by atoms with E-state index in [0.717, 1.165) is 16.3 Å². The molecule has 3 rings (SSSR count). The van der Waals surface area contributed by atoms with Crippen LogP contribution in [0, 0.1) is 0 Å². The lowest BCUT2D eigenvalue weighted by Gasteiger charge is -2.01. The molecule has 2 aromatic heterocycles. The molecule has 0 bridgehead atoms. The van der Waals surface area contributed by atoms with Crippen LogP contribution < -0.4 is 15.6 Å². The summed E-state index contributed by atoms with van der Waals surface area (Å²) < 4.78 is 5.12. The fraction of sp³-hybridized carbons (Fsp3) is 0.125. The lowest BCUT2D eigenvalue weighted by Crippen LogP contribution is -2.14. The zero-order valence-corrected chi connectivity index (χ0v) is 13.6. The van der Waals surface area contributed by atoms with Crippen LogP contribution in [-0.4, -0.2) is 28.2 Å². The second-order valence-corrected chi connectivity index (χ2v) is 5.98. The van der Waals surface area contributed by atoms with Crippen molar-refractivity contribution in [1.82, 2.24) is 15.2 Å². The van der Waals surface area contributed by atoms with Crippen molar-refractivity contribution in [2.45, 2.75) is 6.42 Å². The molecule has 7 nitrogen and oxygen atoms in total. The van der Waals surface area contributed by atoms with Crippen molar-refractivity contribution in [3.05, 3.63) is 69.1 Å². The number of aromatic amines is 1. The highest BCUT2D eigenvalue weighted by molar-refractivity contribution is 7.15. The van der Waals surface area contributed by atoms with Gasteiger partial charge < -0.3 is 9.72 Å². The molecule has 0 spiro atoms. The minimum absolute atomic E-state index is 0.260. The maximum Gasteiger partial charge on any atom is 0.258 e. The molecule has 0 saturated carbocycles. The molecule has 8 heteroatoms. The Kier molecular flexibility index (Phi) is 4.66.